The van der Waals surface area contributed by atoms with E-state index in [4.69, 9.17) is 9.47 Å². The predicted molar refractivity (Wildman–Crippen MR) is 79.9 cm³/mol. The van der Waals surface area contributed by atoms with Gasteiger partial charge in [0.2, 0.25) is 0 Å². The van der Waals surface area contributed by atoms with Crippen molar-refractivity contribution >= 4 is 6.09 Å². The highest BCUT2D eigenvalue weighted by molar-refractivity contribution is 5.68. The van der Waals surface area contributed by atoms with Crippen LogP contribution >= 0.6 is 0 Å². The van der Waals surface area contributed by atoms with Gasteiger partial charge in [0.05, 0.1) is 6.61 Å². The molecule has 0 aromatic rings. The predicted octanol–water partition coefficient (Wildman–Crippen LogP) is 2.26. The van der Waals surface area contributed by atoms with Gasteiger partial charge in [-0.05, 0) is 47.0 Å². The summed E-state index contributed by atoms with van der Waals surface area (Å²) in [5, 5.41) is 3.40. The Morgan fingerprint density at radius 1 is 1.45 bits per heavy atom. The molecule has 20 heavy (non-hydrogen) atoms. The minimum Gasteiger partial charge on any atom is -0.444 e. The van der Waals surface area contributed by atoms with E-state index in [1.54, 1.807) is 4.90 Å². The van der Waals surface area contributed by atoms with Gasteiger partial charge in [-0.25, -0.2) is 4.79 Å². The number of carbonyl (C=O) groups is 1. The minimum absolute atomic E-state index is 0.140. The van der Waals surface area contributed by atoms with Crippen molar-refractivity contribution in [2.75, 3.05) is 32.8 Å². The van der Waals surface area contributed by atoms with Gasteiger partial charge in [0.15, 0.2) is 0 Å². The van der Waals surface area contributed by atoms with Crippen molar-refractivity contribution in [1.29, 1.82) is 0 Å². The molecule has 1 amide bonds. The fourth-order valence-corrected chi connectivity index (χ4v) is 2.13. The first kappa shape index (κ1) is 17.2. The van der Waals surface area contributed by atoms with Crippen molar-refractivity contribution in [2.24, 2.45) is 5.92 Å². The summed E-state index contributed by atoms with van der Waals surface area (Å²) in [4.78, 5) is 13.9. The standard InChI is InChI=1S/C15H30N2O3/c1-12(2)17(14(18)20-15(3,4)5)8-7-16-10-13-6-9-19-11-13/h12-13,16H,6-11H2,1-5H3. The summed E-state index contributed by atoms with van der Waals surface area (Å²) in [5.41, 5.74) is -0.446. The zero-order valence-corrected chi connectivity index (χ0v) is 13.6. The van der Waals surface area contributed by atoms with E-state index in [0.717, 1.165) is 32.7 Å². The number of hydrogen-bond acceptors (Lipinski definition) is 4. The maximum absolute atomic E-state index is 12.1. The summed E-state index contributed by atoms with van der Waals surface area (Å²) in [6.45, 7) is 13.8. The number of nitrogens with one attached hydrogen (secondary N) is 1. The number of hydrogen-bond donors (Lipinski definition) is 1. The molecule has 0 aromatic carbocycles. The molecule has 118 valence electrons. The van der Waals surface area contributed by atoms with Crippen LogP contribution in [0.25, 0.3) is 0 Å². The fourth-order valence-electron chi connectivity index (χ4n) is 2.13. The monoisotopic (exact) mass is 286 g/mol. The molecular weight excluding hydrogens is 256 g/mol. The molecule has 1 heterocycles. The quantitative estimate of drug-likeness (QED) is 0.761. The molecule has 0 aromatic heterocycles. The topological polar surface area (TPSA) is 50.8 Å². The lowest BCUT2D eigenvalue weighted by Gasteiger charge is -2.30. The lowest BCUT2D eigenvalue weighted by Crippen LogP contribution is -2.44. The summed E-state index contributed by atoms with van der Waals surface area (Å²) < 4.78 is 10.8. The second-order valence-corrected chi connectivity index (χ2v) is 6.70. The molecule has 5 heteroatoms. The zero-order chi connectivity index (χ0) is 15.2. The lowest BCUT2D eigenvalue weighted by molar-refractivity contribution is 0.0193. The van der Waals surface area contributed by atoms with E-state index >= 15 is 0 Å². The molecule has 5 nitrogen and oxygen atoms in total. The van der Waals surface area contributed by atoms with Crippen molar-refractivity contribution in [3.8, 4) is 0 Å². The van der Waals surface area contributed by atoms with Gasteiger partial charge in [0.1, 0.15) is 5.60 Å². The molecule has 1 atom stereocenters. The van der Waals surface area contributed by atoms with Gasteiger partial charge in [-0.3, -0.25) is 0 Å². The Morgan fingerprint density at radius 3 is 2.65 bits per heavy atom. The van der Waals surface area contributed by atoms with Crippen LogP contribution in [0.1, 0.15) is 41.0 Å². The van der Waals surface area contributed by atoms with Gasteiger partial charge in [-0.15, -0.1) is 0 Å². The molecule has 0 spiro atoms. The number of rotatable bonds is 6. The Hall–Kier alpha value is -0.810. The van der Waals surface area contributed by atoms with Crippen LogP contribution in [-0.4, -0.2) is 55.5 Å². The van der Waals surface area contributed by atoms with Crippen molar-refractivity contribution in [1.82, 2.24) is 10.2 Å². The van der Waals surface area contributed by atoms with Gasteiger partial charge < -0.3 is 19.7 Å². The number of amides is 1. The fraction of sp³-hybridized carbons (Fsp3) is 0.933. The smallest absolute Gasteiger partial charge is 0.410 e. The molecular formula is C15H30N2O3. The largest absolute Gasteiger partial charge is 0.444 e. The van der Waals surface area contributed by atoms with E-state index in [9.17, 15) is 4.79 Å². The molecule has 1 saturated heterocycles. The third kappa shape index (κ3) is 6.57. The summed E-state index contributed by atoms with van der Waals surface area (Å²) in [5.74, 6) is 0.615. The third-order valence-corrected chi connectivity index (χ3v) is 3.24. The van der Waals surface area contributed by atoms with E-state index in [1.165, 1.54) is 0 Å². The zero-order valence-electron chi connectivity index (χ0n) is 13.6. The van der Waals surface area contributed by atoms with Gasteiger partial charge in [-0.1, -0.05) is 0 Å². The van der Waals surface area contributed by atoms with Crippen LogP contribution in [0.5, 0.6) is 0 Å². The Labute approximate surface area is 123 Å². The highest BCUT2D eigenvalue weighted by Gasteiger charge is 2.23. The second-order valence-electron chi connectivity index (χ2n) is 6.70. The Kier molecular flexibility index (Phi) is 6.76. The van der Waals surface area contributed by atoms with Gasteiger partial charge in [0, 0.05) is 32.3 Å². The Bertz CT molecular complexity index is 294. The molecule has 1 N–H and O–H groups in total. The van der Waals surface area contributed by atoms with Crippen molar-refractivity contribution in [3.05, 3.63) is 0 Å². The van der Waals surface area contributed by atoms with Crippen LogP contribution in [0.2, 0.25) is 0 Å². The number of nitrogens with zero attached hydrogens (tertiary/aromatic N) is 1. The van der Waals surface area contributed by atoms with Crippen molar-refractivity contribution in [3.63, 3.8) is 0 Å². The van der Waals surface area contributed by atoms with Crippen molar-refractivity contribution in [2.45, 2.75) is 52.7 Å². The van der Waals surface area contributed by atoms with Gasteiger partial charge in [-0.2, -0.15) is 0 Å². The first-order valence-corrected chi connectivity index (χ1v) is 7.57. The van der Waals surface area contributed by atoms with E-state index in [1.807, 2.05) is 34.6 Å². The van der Waals surface area contributed by atoms with Crippen LogP contribution in [0, 0.1) is 5.92 Å². The molecule has 1 aliphatic heterocycles. The maximum Gasteiger partial charge on any atom is 0.410 e. The van der Waals surface area contributed by atoms with Crippen LogP contribution in [0.3, 0.4) is 0 Å². The van der Waals surface area contributed by atoms with Gasteiger partial charge in [0.25, 0.3) is 0 Å². The van der Waals surface area contributed by atoms with Crippen LogP contribution < -0.4 is 5.32 Å². The first-order chi connectivity index (χ1) is 9.29. The average molecular weight is 286 g/mol. The molecule has 1 unspecified atom stereocenters. The SMILES string of the molecule is CC(C)N(CCNCC1CCOC1)C(=O)OC(C)(C)C. The highest BCUT2D eigenvalue weighted by Crippen LogP contribution is 2.12. The summed E-state index contributed by atoms with van der Waals surface area (Å²) in [6.07, 6.45) is 0.894. The maximum atomic E-state index is 12.1. The highest BCUT2D eigenvalue weighted by atomic mass is 16.6. The van der Waals surface area contributed by atoms with E-state index in [0.29, 0.717) is 12.5 Å². The molecule has 1 rings (SSSR count). The lowest BCUT2D eigenvalue weighted by atomic mass is 10.1. The van der Waals surface area contributed by atoms with Gasteiger partial charge >= 0.3 is 6.09 Å². The van der Waals surface area contributed by atoms with E-state index < -0.39 is 5.60 Å². The number of carbonyl (C=O) groups excluding carboxylic acids is 1. The second kappa shape index (κ2) is 7.84. The number of ether oxygens (including phenoxy) is 2. The van der Waals surface area contributed by atoms with E-state index in [2.05, 4.69) is 5.32 Å². The molecule has 0 aliphatic carbocycles. The summed E-state index contributed by atoms with van der Waals surface area (Å²) in [6, 6.07) is 0.140. The van der Waals surface area contributed by atoms with Crippen LogP contribution in [0.15, 0.2) is 0 Å². The molecule has 1 aliphatic rings. The summed E-state index contributed by atoms with van der Waals surface area (Å²) in [7, 11) is 0. The van der Waals surface area contributed by atoms with E-state index in [-0.39, 0.29) is 12.1 Å². The van der Waals surface area contributed by atoms with Crippen LogP contribution in [0.4, 0.5) is 4.79 Å². The Morgan fingerprint density at radius 2 is 2.15 bits per heavy atom. The third-order valence-electron chi connectivity index (χ3n) is 3.24. The molecule has 1 fully saturated rings. The van der Waals surface area contributed by atoms with Crippen molar-refractivity contribution < 1.29 is 14.3 Å². The minimum atomic E-state index is -0.446. The Balaban J connectivity index is 2.29. The van der Waals surface area contributed by atoms with Crippen LogP contribution in [-0.2, 0) is 9.47 Å². The first-order valence-electron chi connectivity index (χ1n) is 7.57. The normalized spacial score (nSPS) is 19.4. The molecule has 0 bridgehead atoms. The molecule has 0 radical (unpaired) electrons. The molecule has 0 saturated carbocycles. The summed E-state index contributed by atoms with van der Waals surface area (Å²) >= 11 is 0. The average Bonchev–Trinajstić information content (AvgIpc) is 2.78.